The van der Waals surface area contributed by atoms with Crippen LogP contribution >= 0.6 is 0 Å². The van der Waals surface area contributed by atoms with E-state index in [1.807, 2.05) is 4.90 Å². The molecular weight excluding hydrogens is 233 g/mol. The van der Waals surface area contributed by atoms with E-state index in [0.29, 0.717) is 11.3 Å². The molecule has 1 aliphatic rings. The molecule has 1 aliphatic heterocycles. The molecule has 3 heterocycles. The summed E-state index contributed by atoms with van der Waals surface area (Å²) in [6.45, 7) is 1.59. The standard InChI is InChI=1S/C13H14FN3O/c14-10-4-5-12-15-11(9-17(12)8-10)13(18)16-6-2-1-3-7-16/h4-5,8-9H,1-3,6-7H2. The Morgan fingerprint density at radius 1 is 1.17 bits per heavy atom. The second kappa shape index (κ2) is 4.40. The van der Waals surface area contributed by atoms with Gasteiger partial charge in [0.1, 0.15) is 17.2 Å². The minimum atomic E-state index is -0.336. The molecule has 1 fully saturated rings. The first-order valence-electron chi connectivity index (χ1n) is 6.17. The number of rotatable bonds is 1. The first-order valence-corrected chi connectivity index (χ1v) is 6.17. The third kappa shape index (κ3) is 1.96. The van der Waals surface area contributed by atoms with Crippen molar-refractivity contribution >= 4 is 11.6 Å². The topological polar surface area (TPSA) is 37.6 Å². The van der Waals surface area contributed by atoms with Gasteiger partial charge in [0, 0.05) is 25.5 Å². The second-order valence-electron chi connectivity index (χ2n) is 4.59. The maximum absolute atomic E-state index is 13.1. The molecule has 1 saturated heterocycles. The van der Waals surface area contributed by atoms with E-state index in [-0.39, 0.29) is 11.7 Å². The van der Waals surface area contributed by atoms with Crippen LogP contribution in [-0.4, -0.2) is 33.3 Å². The van der Waals surface area contributed by atoms with Gasteiger partial charge in [0.15, 0.2) is 0 Å². The van der Waals surface area contributed by atoms with Gasteiger partial charge in [-0.15, -0.1) is 0 Å². The maximum Gasteiger partial charge on any atom is 0.274 e. The molecule has 1 amide bonds. The van der Waals surface area contributed by atoms with Crippen LogP contribution in [0.15, 0.2) is 24.5 Å². The summed E-state index contributed by atoms with van der Waals surface area (Å²) in [5.74, 6) is -0.393. The number of carbonyl (C=O) groups is 1. The van der Waals surface area contributed by atoms with Crippen LogP contribution in [0, 0.1) is 5.82 Å². The number of hydrogen-bond acceptors (Lipinski definition) is 2. The third-order valence-corrected chi connectivity index (χ3v) is 3.28. The van der Waals surface area contributed by atoms with E-state index in [4.69, 9.17) is 0 Å². The monoisotopic (exact) mass is 247 g/mol. The number of hydrogen-bond donors (Lipinski definition) is 0. The summed E-state index contributed by atoms with van der Waals surface area (Å²) < 4.78 is 14.6. The molecule has 0 unspecified atom stereocenters. The Kier molecular flexibility index (Phi) is 2.74. The highest BCUT2D eigenvalue weighted by atomic mass is 19.1. The van der Waals surface area contributed by atoms with E-state index in [1.165, 1.54) is 18.7 Å². The van der Waals surface area contributed by atoms with Gasteiger partial charge in [0.05, 0.1) is 0 Å². The van der Waals surface area contributed by atoms with Crippen LogP contribution in [0.2, 0.25) is 0 Å². The Labute approximate surface area is 104 Å². The molecule has 0 spiro atoms. The van der Waals surface area contributed by atoms with Gasteiger partial charge in [-0.3, -0.25) is 4.79 Å². The van der Waals surface area contributed by atoms with Crippen molar-refractivity contribution in [3.63, 3.8) is 0 Å². The fourth-order valence-corrected chi connectivity index (χ4v) is 2.33. The number of fused-ring (bicyclic) bond motifs is 1. The average molecular weight is 247 g/mol. The molecule has 0 aromatic carbocycles. The summed E-state index contributed by atoms with van der Waals surface area (Å²) in [4.78, 5) is 18.3. The van der Waals surface area contributed by atoms with Crippen molar-refractivity contribution < 1.29 is 9.18 Å². The minimum absolute atomic E-state index is 0.0567. The summed E-state index contributed by atoms with van der Waals surface area (Å²) >= 11 is 0. The predicted molar refractivity (Wildman–Crippen MR) is 64.9 cm³/mol. The Bertz CT molecular complexity index is 587. The highest BCUT2D eigenvalue weighted by molar-refractivity contribution is 5.93. The van der Waals surface area contributed by atoms with Crippen molar-refractivity contribution in [2.24, 2.45) is 0 Å². The lowest BCUT2D eigenvalue weighted by molar-refractivity contribution is 0.0719. The van der Waals surface area contributed by atoms with Crippen molar-refractivity contribution in [2.45, 2.75) is 19.3 Å². The molecule has 0 N–H and O–H groups in total. The van der Waals surface area contributed by atoms with Crippen LogP contribution in [0.25, 0.3) is 5.65 Å². The smallest absolute Gasteiger partial charge is 0.274 e. The van der Waals surface area contributed by atoms with Crippen molar-refractivity contribution in [1.82, 2.24) is 14.3 Å². The third-order valence-electron chi connectivity index (χ3n) is 3.28. The highest BCUT2D eigenvalue weighted by Gasteiger charge is 2.20. The van der Waals surface area contributed by atoms with E-state index in [1.54, 1.807) is 16.7 Å². The maximum atomic E-state index is 13.1. The number of aromatic nitrogens is 2. The molecule has 0 bridgehead atoms. The predicted octanol–water partition coefficient (Wildman–Crippen LogP) is 2.10. The largest absolute Gasteiger partial charge is 0.337 e. The Morgan fingerprint density at radius 3 is 2.72 bits per heavy atom. The quantitative estimate of drug-likeness (QED) is 0.774. The number of halogens is 1. The number of pyridine rings is 1. The van der Waals surface area contributed by atoms with Crippen molar-refractivity contribution in [1.29, 1.82) is 0 Å². The van der Waals surface area contributed by atoms with Crippen LogP contribution < -0.4 is 0 Å². The molecule has 2 aromatic rings. The van der Waals surface area contributed by atoms with E-state index in [0.717, 1.165) is 25.9 Å². The summed E-state index contributed by atoms with van der Waals surface area (Å²) in [6, 6.07) is 2.92. The number of likely N-dealkylation sites (tertiary alicyclic amines) is 1. The van der Waals surface area contributed by atoms with Crippen LogP contribution in [0.3, 0.4) is 0 Å². The molecule has 4 nitrogen and oxygen atoms in total. The van der Waals surface area contributed by atoms with Crippen molar-refractivity contribution in [3.8, 4) is 0 Å². The van der Waals surface area contributed by atoms with Crippen LogP contribution in [-0.2, 0) is 0 Å². The van der Waals surface area contributed by atoms with Gasteiger partial charge >= 0.3 is 0 Å². The molecule has 3 rings (SSSR count). The number of amides is 1. The van der Waals surface area contributed by atoms with E-state index in [2.05, 4.69) is 4.98 Å². The first-order chi connectivity index (χ1) is 8.74. The SMILES string of the molecule is O=C(c1cn2cc(F)ccc2n1)N1CCCCC1. The molecule has 0 saturated carbocycles. The van der Waals surface area contributed by atoms with Crippen LogP contribution in [0.5, 0.6) is 0 Å². The molecule has 2 aromatic heterocycles. The molecule has 5 heteroatoms. The molecule has 18 heavy (non-hydrogen) atoms. The van der Waals surface area contributed by atoms with Crippen LogP contribution in [0.4, 0.5) is 4.39 Å². The highest BCUT2D eigenvalue weighted by Crippen LogP contribution is 2.14. The zero-order chi connectivity index (χ0) is 12.5. The lowest BCUT2D eigenvalue weighted by Crippen LogP contribution is -2.35. The second-order valence-corrected chi connectivity index (χ2v) is 4.59. The van der Waals surface area contributed by atoms with E-state index >= 15 is 0 Å². The summed E-state index contributed by atoms with van der Waals surface area (Å²) in [6.07, 6.45) is 6.20. The van der Waals surface area contributed by atoms with Gasteiger partial charge in [-0.05, 0) is 31.4 Å². The Balaban J connectivity index is 1.91. The molecule has 0 radical (unpaired) electrons. The van der Waals surface area contributed by atoms with Gasteiger partial charge in [-0.2, -0.15) is 0 Å². The lowest BCUT2D eigenvalue weighted by atomic mass is 10.1. The van der Waals surface area contributed by atoms with Crippen LogP contribution in [0.1, 0.15) is 29.8 Å². The Morgan fingerprint density at radius 2 is 1.94 bits per heavy atom. The van der Waals surface area contributed by atoms with Gasteiger partial charge in [0.2, 0.25) is 0 Å². The molecule has 94 valence electrons. The Hall–Kier alpha value is -1.91. The summed E-state index contributed by atoms with van der Waals surface area (Å²) in [7, 11) is 0. The molecular formula is C13H14FN3O. The number of nitrogens with zero attached hydrogens (tertiary/aromatic N) is 3. The normalized spacial score (nSPS) is 16.2. The van der Waals surface area contributed by atoms with E-state index in [9.17, 15) is 9.18 Å². The first kappa shape index (κ1) is 11.2. The zero-order valence-electron chi connectivity index (χ0n) is 9.97. The minimum Gasteiger partial charge on any atom is -0.337 e. The van der Waals surface area contributed by atoms with Crippen molar-refractivity contribution in [2.75, 3.05) is 13.1 Å². The fourth-order valence-electron chi connectivity index (χ4n) is 2.33. The fraction of sp³-hybridized carbons (Fsp3) is 0.385. The number of imidazole rings is 1. The molecule has 0 atom stereocenters. The summed E-state index contributed by atoms with van der Waals surface area (Å²) in [5.41, 5.74) is 0.985. The van der Waals surface area contributed by atoms with Gasteiger partial charge in [0.25, 0.3) is 5.91 Å². The zero-order valence-corrected chi connectivity index (χ0v) is 9.97. The van der Waals surface area contributed by atoms with Gasteiger partial charge in [-0.25, -0.2) is 9.37 Å². The van der Waals surface area contributed by atoms with Gasteiger partial charge in [-0.1, -0.05) is 0 Å². The number of piperidine rings is 1. The average Bonchev–Trinajstić information content (AvgIpc) is 2.81. The van der Waals surface area contributed by atoms with Crippen molar-refractivity contribution in [3.05, 3.63) is 36.0 Å². The lowest BCUT2D eigenvalue weighted by Gasteiger charge is -2.25. The number of carbonyl (C=O) groups excluding carboxylic acids is 1. The summed E-state index contributed by atoms with van der Waals surface area (Å²) in [5, 5.41) is 0. The molecule has 0 aliphatic carbocycles. The van der Waals surface area contributed by atoms with Gasteiger partial charge < -0.3 is 9.30 Å². The van der Waals surface area contributed by atoms with E-state index < -0.39 is 0 Å².